The summed E-state index contributed by atoms with van der Waals surface area (Å²) in [5, 5.41) is 11.3. The fourth-order valence-electron chi connectivity index (χ4n) is 1.74. The highest BCUT2D eigenvalue weighted by molar-refractivity contribution is 6.30. The first-order valence-electron chi connectivity index (χ1n) is 6.32. The zero-order valence-electron chi connectivity index (χ0n) is 12.0. The molecule has 1 aromatic heterocycles. The van der Waals surface area contributed by atoms with Crippen LogP contribution in [0.5, 0.6) is 11.5 Å². The number of benzene rings is 1. The van der Waals surface area contributed by atoms with Crippen molar-refractivity contribution in [1.82, 2.24) is 20.3 Å². The number of aromatic nitrogens is 4. The first-order chi connectivity index (χ1) is 10.0. The number of hydrogen-bond acceptors (Lipinski definition) is 7. The van der Waals surface area contributed by atoms with E-state index in [1.54, 1.807) is 19.2 Å². The minimum absolute atomic E-state index is 0.00284. The number of nitrogens with one attached hydrogen (secondary N) is 1. The van der Waals surface area contributed by atoms with Crippen LogP contribution >= 0.6 is 11.6 Å². The van der Waals surface area contributed by atoms with Crippen LogP contribution in [0.3, 0.4) is 0 Å². The Kier molecular flexibility index (Phi) is 4.69. The molecule has 0 saturated carbocycles. The Morgan fingerprint density at radius 3 is 2.76 bits per heavy atom. The summed E-state index contributed by atoms with van der Waals surface area (Å²) in [4.78, 5) is 1.27. The number of halogens is 1. The van der Waals surface area contributed by atoms with E-state index in [0.29, 0.717) is 23.1 Å². The Hall–Kier alpha value is -2.22. The second-order valence-electron chi connectivity index (χ2n) is 4.55. The first kappa shape index (κ1) is 15.2. The van der Waals surface area contributed by atoms with Crippen LogP contribution in [-0.2, 0) is 6.54 Å². The number of tetrazole rings is 1. The lowest BCUT2D eigenvalue weighted by atomic mass is 10.2. The summed E-state index contributed by atoms with van der Waals surface area (Å²) < 4.78 is 11.1. The maximum atomic E-state index is 6.09. The second-order valence-corrected chi connectivity index (χ2v) is 4.98. The van der Waals surface area contributed by atoms with Gasteiger partial charge in [-0.1, -0.05) is 16.7 Å². The lowest BCUT2D eigenvalue weighted by Crippen LogP contribution is -2.19. The van der Waals surface area contributed by atoms with Crippen molar-refractivity contribution in [3.05, 3.63) is 22.7 Å². The molecule has 114 valence electrons. The van der Waals surface area contributed by atoms with Gasteiger partial charge in [-0.3, -0.25) is 0 Å². The maximum absolute atomic E-state index is 6.09. The Morgan fingerprint density at radius 1 is 1.43 bits per heavy atom. The molecule has 0 aliphatic heterocycles. The highest BCUT2D eigenvalue weighted by Gasteiger charge is 2.15. The molecule has 2 rings (SSSR count). The summed E-state index contributed by atoms with van der Waals surface area (Å²) in [7, 11) is 1.56. The molecule has 0 aliphatic carbocycles. The molecular weight excluding hydrogens is 296 g/mol. The molecule has 0 bridgehead atoms. The summed E-state index contributed by atoms with van der Waals surface area (Å²) in [6.07, 6.45) is -0.00284. The number of nitrogens with two attached hydrogens (primary N) is 1. The molecular formula is C12H17ClN6O2. The van der Waals surface area contributed by atoms with E-state index in [0.717, 1.165) is 5.56 Å². The molecule has 0 saturated heterocycles. The molecule has 8 nitrogen and oxygen atoms in total. The SMILES string of the molecule is COc1cc(Cl)cc(CNn2nnnc2N)c1OC(C)C. The van der Waals surface area contributed by atoms with Crippen molar-refractivity contribution in [2.45, 2.75) is 26.5 Å². The van der Waals surface area contributed by atoms with E-state index in [2.05, 4.69) is 21.0 Å². The van der Waals surface area contributed by atoms with Crippen LogP contribution in [0.4, 0.5) is 5.95 Å². The third-order valence-electron chi connectivity index (χ3n) is 2.58. The van der Waals surface area contributed by atoms with Crippen molar-refractivity contribution in [1.29, 1.82) is 0 Å². The number of ether oxygens (including phenoxy) is 2. The molecule has 2 aromatic rings. The summed E-state index contributed by atoms with van der Waals surface area (Å²) in [5.74, 6) is 1.35. The molecule has 9 heteroatoms. The van der Waals surface area contributed by atoms with Crippen LogP contribution in [0.25, 0.3) is 0 Å². The lowest BCUT2D eigenvalue weighted by molar-refractivity contribution is 0.227. The molecule has 0 spiro atoms. The van der Waals surface area contributed by atoms with Crippen LogP contribution in [0.1, 0.15) is 19.4 Å². The highest BCUT2D eigenvalue weighted by atomic mass is 35.5. The Balaban J connectivity index is 2.27. The summed E-state index contributed by atoms with van der Waals surface area (Å²) >= 11 is 6.09. The standard InChI is InChI=1S/C12H17ClN6O2/c1-7(2)21-11-8(4-9(13)5-10(11)20-3)6-15-19-12(14)16-17-18-19/h4-5,7,15H,6H2,1-3H3,(H2,14,16,18). The minimum Gasteiger partial charge on any atom is -0.493 e. The molecule has 0 amide bonds. The van der Waals surface area contributed by atoms with E-state index in [9.17, 15) is 0 Å². The van der Waals surface area contributed by atoms with Gasteiger partial charge < -0.3 is 20.6 Å². The average molecular weight is 313 g/mol. The summed E-state index contributed by atoms with van der Waals surface area (Å²) in [6.45, 7) is 4.24. The van der Waals surface area contributed by atoms with Crippen molar-refractivity contribution in [2.75, 3.05) is 18.3 Å². The van der Waals surface area contributed by atoms with Crippen molar-refractivity contribution in [2.24, 2.45) is 0 Å². The van der Waals surface area contributed by atoms with Crippen molar-refractivity contribution in [3.8, 4) is 11.5 Å². The summed E-state index contributed by atoms with van der Waals surface area (Å²) in [6, 6.07) is 3.49. The van der Waals surface area contributed by atoms with Gasteiger partial charge in [0, 0.05) is 16.7 Å². The van der Waals surface area contributed by atoms with Gasteiger partial charge in [0.25, 0.3) is 5.95 Å². The molecule has 0 aliphatic rings. The van der Waals surface area contributed by atoms with Crippen LogP contribution in [0.2, 0.25) is 5.02 Å². The third kappa shape index (κ3) is 3.66. The van der Waals surface area contributed by atoms with Gasteiger partial charge in [-0.15, -0.1) is 4.79 Å². The predicted molar refractivity (Wildman–Crippen MR) is 79.1 cm³/mol. The Labute approximate surface area is 127 Å². The fourth-order valence-corrected chi connectivity index (χ4v) is 1.97. The van der Waals surface area contributed by atoms with Gasteiger partial charge >= 0.3 is 0 Å². The van der Waals surface area contributed by atoms with Crippen molar-refractivity contribution in [3.63, 3.8) is 0 Å². The number of nitrogens with zero attached hydrogens (tertiary/aromatic N) is 4. The summed E-state index contributed by atoms with van der Waals surface area (Å²) in [5.41, 5.74) is 9.36. The van der Waals surface area contributed by atoms with Gasteiger partial charge in [-0.2, -0.15) is 0 Å². The van der Waals surface area contributed by atoms with Crippen molar-refractivity contribution < 1.29 is 9.47 Å². The normalized spacial score (nSPS) is 10.7. The van der Waals surface area contributed by atoms with E-state index in [4.69, 9.17) is 26.8 Å². The number of nitrogen functional groups attached to an aromatic ring is 1. The topological polar surface area (TPSA) is 100 Å². The molecule has 3 N–H and O–H groups in total. The van der Waals surface area contributed by atoms with Gasteiger partial charge in [0.15, 0.2) is 11.5 Å². The quantitative estimate of drug-likeness (QED) is 0.832. The Bertz CT molecular complexity index is 616. The Morgan fingerprint density at radius 2 is 2.19 bits per heavy atom. The first-order valence-corrected chi connectivity index (χ1v) is 6.70. The van der Waals surface area contributed by atoms with E-state index >= 15 is 0 Å². The third-order valence-corrected chi connectivity index (χ3v) is 2.80. The zero-order valence-corrected chi connectivity index (χ0v) is 12.8. The zero-order chi connectivity index (χ0) is 15.4. The molecule has 0 atom stereocenters. The smallest absolute Gasteiger partial charge is 0.260 e. The number of anilines is 1. The minimum atomic E-state index is -0.00284. The maximum Gasteiger partial charge on any atom is 0.260 e. The second kappa shape index (κ2) is 6.49. The van der Waals surface area contributed by atoms with E-state index in [-0.39, 0.29) is 12.1 Å². The lowest BCUT2D eigenvalue weighted by Gasteiger charge is -2.18. The monoisotopic (exact) mass is 312 g/mol. The van der Waals surface area contributed by atoms with E-state index in [1.807, 2.05) is 13.8 Å². The number of methoxy groups -OCH3 is 1. The van der Waals surface area contributed by atoms with Gasteiger partial charge in [-0.05, 0) is 30.3 Å². The van der Waals surface area contributed by atoms with E-state index < -0.39 is 0 Å². The largest absolute Gasteiger partial charge is 0.493 e. The van der Waals surface area contributed by atoms with Crippen LogP contribution in [-0.4, -0.2) is 33.5 Å². The van der Waals surface area contributed by atoms with Gasteiger partial charge in [0.2, 0.25) is 0 Å². The number of hydrogen-bond donors (Lipinski definition) is 2. The van der Waals surface area contributed by atoms with Gasteiger partial charge in [0.05, 0.1) is 19.8 Å². The molecule has 1 heterocycles. The van der Waals surface area contributed by atoms with Crippen molar-refractivity contribution >= 4 is 17.5 Å². The van der Waals surface area contributed by atoms with E-state index in [1.165, 1.54) is 4.79 Å². The average Bonchev–Trinajstić information content (AvgIpc) is 2.83. The van der Waals surface area contributed by atoms with Gasteiger partial charge in [-0.25, -0.2) is 0 Å². The number of rotatable bonds is 6. The molecule has 0 radical (unpaired) electrons. The van der Waals surface area contributed by atoms with Crippen LogP contribution in [0.15, 0.2) is 12.1 Å². The van der Waals surface area contributed by atoms with Crippen LogP contribution < -0.4 is 20.6 Å². The molecule has 21 heavy (non-hydrogen) atoms. The molecule has 1 aromatic carbocycles. The molecule has 0 unspecified atom stereocenters. The predicted octanol–water partition coefficient (Wildman–Crippen LogP) is 1.45. The van der Waals surface area contributed by atoms with Gasteiger partial charge in [0.1, 0.15) is 0 Å². The fraction of sp³-hybridized carbons (Fsp3) is 0.417. The van der Waals surface area contributed by atoms with Crippen LogP contribution in [0, 0.1) is 0 Å². The molecule has 0 fully saturated rings. The highest BCUT2D eigenvalue weighted by Crippen LogP contribution is 2.35.